The summed E-state index contributed by atoms with van der Waals surface area (Å²) in [6.07, 6.45) is 9.71. The molecular formula is C19H39IN4O2. The first kappa shape index (κ1) is 23.9. The Balaban J connectivity index is 0.00000338. The second-order valence-electron chi connectivity index (χ2n) is 7.59. The van der Waals surface area contributed by atoms with Crippen LogP contribution in [0.2, 0.25) is 0 Å². The van der Waals surface area contributed by atoms with Gasteiger partial charge in [-0.05, 0) is 58.2 Å². The molecule has 1 unspecified atom stereocenters. The Morgan fingerprint density at radius 1 is 1.15 bits per heavy atom. The molecule has 154 valence electrons. The Labute approximate surface area is 176 Å². The van der Waals surface area contributed by atoms with Crippen LogP contribution in [0.4, 0.5) is 0 Å². The van der Waals surface area contributed by atoms with Crippen LogP contribution < -0.4 is 10.6 Å². The summed E-state index contributed by atoms with van der Waals surface area (Å²) in [4.78, 5) is 6.93. The van der Waals surface area contributed by atoms with Crippen LogP contribution in [0.5, 0.6) is 0 Å². The van der Waals surface area contributed by atoms with Gasteiger partial charge in [-0.3, -0.25) is 4.99 Å². The number of guanidine groups is 1. The first-order valence-corrected chi connectivity index (χ1v) is 10.1. The maximum absolute atomic E-state index is 9.30. The zero-order chi connectivity index (χ0) is 17.8. The van der Waals surface area contributed by atoms with Crippen molar-refractivity contribution >= 4 is 29.9 Å². The molecular weight excluding hydrogens is 443 g/mol. The quantitative estimate of drug-likeness (QED) is 0.193. The molecule has 0 amide bonds. The van der Waals surface area contributed by atoms with E-state index in [9.17, 15) is 5.11 Å². The number of piperidine rings is 1. The third-order valence-corrected chi connectivity index (χ3v) is 5.57. The second kappa shape index (κ2) is 14.0. The summed E-state index contributed by atoms with van der Waals surface area (Å²) in [5.41, 5.74) is 0.0564. The van der Waals surface area contributed by atoms with Gasteiger partial charge in [0.2, 0.25) is 0 Å². The van der Waals surface area contributed by atoms with Crippen LogP contribution in [0.1, 0.15) is 51.4 Å². The monoisotopic (exact) mass is 482 g/mol. The Morgan fingerprint density at radius 3 is 2.62 bits per heavy atom. The summed E-state index contributed by atoms with van der Waals surface area (Å²) in [7, 11) is 1.82. The molecule has 1 atom stereocenters. The fourth-order valence-electron chi connectivity index (χ4n) is 3.83. The highest BCUT2D eigenvalue weighted by Gasteiger charge is 2.34. The fraction of sp³-hybridized carbons (Fsp3) is 0.947. The number of likely N-dealkylation sites (tertiary alicyclic amines) is 1. The van der Waals surface area contributed by atoms with Gasteiger partial charge in [0, 0.05) is 38.8 Å². The number of aliphatic hydroxyl groups excluding tert-OH is 1. The van der Waals surface area contributed by atoms with Crippen molar-refractivity contribution in [1.82, 2.24) is 15.5 Å². The minimum Gasteiger partial charge on any atom is -0.396 e. The van der Waals surface area contributed by atoms with Gasteiger partial charge in [0.15, 0.2) is 5.96 Å². The normalized spacial score (nSPS) is 24.3. The second-order valence-corrected chi connectivity index (χ2v) is 7.59. The first-order valence-electron chi connectivity index (χ1n) is 10.1. The van der Waals surface area contributed by atoms with Gasteiger partial charge in [-0.2, -0.15) is 0 Å². The van der Waals surface area contributed by atoms with E-state index in [1.165, 1.54) is 58.2 Å². The molecule has 0 aliphatic carbocycles. The van der Waals surface area contributed by atoms with Crippen LogP contribution in [0.3, 0.4) is 0 Å². The van der Waals surface area contributed by atoms with E-state index in [0.29, 0.717) is 0 Å². The number of aliphatic imine (C=N–C) groups is 1. The summed E-state index contributed by atoms with van der Waals surface area (Å²) < 4.78 is 5.54. The van der Waals surface area contributed by atoms with E-state index in [4.69, 9.17) is 4.74 Å². The molecule has 26 heavy (non-hydrogen) atoms. The number of nitrogens with zero attached hydrogens (tertiary/aromatic N) is 2. The topological polar surface area (TPSA) is 69.1 Å². The number of hydrogen-bond acceptors (Lipinski definition) is 4. The van der Waals surface area contributed by atoms with Crippen LogP contribution in [0.25, 0.3) is 0 Å². The Kier molecular flexibility index (Phi) is 12.8. The molecule has 6 nitrogen and oxygen atoms in total. The van der Waals surface area contributed by atoms with E-state index in [-0.39, 0.29) is 36.0 Å². The molecule has 2 saturated heterocycles. The van der Waals surface area contributed by atoms with Crippen molar-refractivity contribution in [3.63, 3.8) is 0 Å². The molecule has 2 aliphatic heterocycles. The first-order chi connectivity index (χ1) is 12.3. The van der Waals surface area contributed by atoms with Crippen LogP contribution in [-0.2, 0) is 4.74 Å². The van der Waals surface area contributed by atoms with E-state index in [2.05, 4.69) is 20.5 Å². The summed E-state index contributed by atoms with van der Waals surface area (Å²) in [6, 6.07) is 0. The van der Waals surface area contributed by atoms with Crippen molar-refractivity contribution in [2.24, 2.45) is 10.4 Å². The number of ether oxygens (including phenoxy) is 1. The van der Waals surface area contributed by atoms with Crippen LogP contribution in [0, 0.1) is 5.41 Å². The van der Waals surface area contributed by atoms with E-state index in [0.717, 1.165) is 45.1 Å². The standard InChI is InChI=1S/C19H38N4O2.HI/c1-20-18(22-16-19(8-14-24)9-15-25-17-19)21-10-4-2-5-11-23-12-6-3-7-13-23;/h24H,2-17H2,1H3,(H2,20,21,22);1H. The lowest BCUT2D eigenvalue weighted by Crippen LogP contribution is -2.44. The molecule has 2 rings (SSSR count). The highest BCUT2D eigenvalue weighted by Crippen LogP contribution is 2.31. The summed E-state index contributed by atoms with van der Waals surface area (Å²) in [6.45, 7) is 7.37. The predicted molar refractivity (Wildman–Crippen MR) is 118 cm³/mol. The molecule has 0 bridgehead atoms. The van der Waals surface area contributed by atoms with Crippen molar-refractivity contribution in [2.75, 3.05) is 59.6 Å². The molecule has 0 saturated carbocycles. The number of aliphatic hydroxyl groups is 1. The van der Waals surface area contributed by atoms with E-state index in [1.807, 2.05) is 7.05 Å². The largest absolute Gasteiger partial charge is 0.396 e. The van der Waals surface area contributed by atoms with Gasteiger partial charge in [-0.1, -0.05) is 12.8 Å². The smallest absolute Gasteiger partial charge is 0.190 e. The van der Waals surface area contributed by atoms with Gasteiger partial charge >= 0.3 is 0 Å². The fourth-order valence-corrected chi connectivity index (χ4v) is 3.83. The van der Waals surface area contributed by atoms with Crippen LogP contribution in [0.15, 0.2) is 4.99 Å². The average molecular weight is 482 g/mol. The predicted octanol–water partition coefficient (Wildman–Crippen LogP) is 2.21. The summed E-state index contributed by atoms with van der Waals surface area (Å²) in [5.74, 6) is 0.861. The molecule has 0 aromatic rings. The average Bonchev–Trinajstić information content (AvgIpc) is 3.10. The van der Waals surface area contributed by atoms with Gasteiger partial charge in [0.25, 0.3) is 0 Å². The molecule has 0 aromatic heterocycles. The van der Waals surface area contributed by atoms with E-state index >= 15 is 0 Å². The van der Waals surface area contributed by atoms with Gasteiger partial charge in [-0.25, -0.2) is 0 Å². The van der Waals surface area contributed by atoms with Gasteiger partial charge in [0.05, 0.1) is 6.61 Å². The Morgan fingerprint density at radius 2 is 1.96 bits per heavy atom. The molecule has 0 aromatic carbocycles. The molecule has 0 spiro atoms. The maximum Gasteiger partial charge on any atom is 0.190 e. The number of hydrogen-bond donors (Lipinski definition) is 3. The van der Waals surface area contributed by atoms with Crippen LogP contribution >= 0.6 is 24.0 Å². The highest BCUT2D eigenvalue weighted by molar-refractivity contribution is 14.0. The van der Waals surface area contributed by atoms with Gasteiger partial charge in [-0.15, -0.1) is 24.0 Å². The van der Waals surface area contributed by atoms with Gasteiger partial charge in [0.1, 0.15) is 0 Å². The third kappa shape index (κ3) is 8.71. The van der Waals surface area contributed by atoms with Crippen molar-refractivity contribution in [2.45, 2.75) is 51.4 Å². The van der Waals surface area contributed by atoms with Gasteiger partial charge < -0.3 is 25.4 Å². The molecule has 2 fully saturated rings. The molecule has 0 radical (unpaired) electrons. The SMILES string of the molecule is CN=C(NCCCCCN1CCCCC1)NCC1(CCO)CCOC1.I. The highest BCUT2D eigenvalue weighted by atomic mass is 127. The van der Waals surface area contributed by atoms with Crippen molar-refractivity contribution < 1.29 is 9.84 Å². The lowest BCUT2D eigenvalue weighted by molar-refractivity contribution is 0.127. The number of rotatable bonds is 10. The molecule has 2 heterocycles. The van der Waals surface area contributed by atoms with Crippen molar-refractivity contribution in [3.8, 4) is 0 Å². The lowest BCUT2D eigenvalue weighted by atomic mass is 9.84. The van der Waals surface area contributed by atoms with E-state index in [1.54, 1.807) is 0 Å². The Hall–Kier alpha value is -0.120. The lowest BCUT2D eigenvalue weighted by Gasteiger charge is -2.27. The van der Waals surface area contributed by atoms with Crippen molar-refractivity contribution in [1.29, 1.82) is 0 Å². The minimum absolute atomic E-state index is 0. The zero-order valence-corrected chi connectivity index (χ0v) is 18.8. The molecule has 3 N–H and O–H groups in total. The van der Waals surface area contributed by atoms with Crippen molar-refractivity contribution in [3.05, 3.63) is 0 Å². The third-order valence-electron chi connectivity index (χ3n) is 5.57. The zero-order valence-electron chi connectivity index (χ0n) is 16.5. The summed E-state index contributed by atoms with van der Waals surface area (Å²) >= 11 is 0. The molecule has 2 aliphatic rings. The minimum atomic E-state index is 0. The van der Waals surface area contributed by atoms with Crippen LogP contribution in [-0.4, -0.2) is 75.6 Å². The number of halogens is 1. The summed E-state index contributed by atoms with van der Waals surface area (Å²) in [5, 5.41) is 16.1. The maximum atomic E-state index is 9.30. The Bertz CT molecular complexity index is 384. The molecule has 7 heteroatoms. The number of nitrogens with one attached hydrogen (secondary N) is 2. The number of unbranched alkanes of at least 4 members (excludes halogenated alkanes) is 2. The van der Waals surface area contributed by atoms with E-state index < -0.39 is 0 Å².